The number of nitrogens with one attached hydrogen (secondary N) is 1. The molecule has 1 amide bonds. The zero-order valence-corrected chi connectivity index (χ0v) is 17.2. The van der Waals surface area contributed by atoms with Crippen LogP contribution in [0.15, 0.2) is 18.2 Å². The number of amides is 1. The number of carbonyl (C=O) groups is 1. The summed E-state index contributed by atoms with van der Waals surface area (Å²) in [5, 5.41) is 22.8. The number of pyridine rings is 1. The molecule has 0 saturated carbocycles. The van der Waals surface area contributed by atoms with Gasteiger partial charge in [0.05, 0.1) is 5.69 Å². The molecule has 0 spiro atoms. The first-order valence-electron chi connectivity index (χ1n) is 10.0. The number of benzene rings is 1. The van der Waals surface area contributed by atoms with Crippen molar-refractivity contribution in [1.29, 1.82) is 0 Å². The number of carbonyl (C=O) groups excluding carboxylic acids is 1. The average Bonchev–Trinajstić information content (AvgIpc) is 3.29. The average molecular weight is 412 g/mol. The third-order valence-electron chi connectivity index (χ3n) is 5.46. The van der Waals surface area contributed by atoms with Crippen LogP contribution in [0.5, 0.6) is 11.5 Å². The van der Waals surface area contributed by atoms with Crippen molar-refractivity contribution in [3.63, 3.8) is 0 Å². The predicted molar refractivity (Wildman–Crippen MR) is 116 cm³/mol. The maximum Gasteiger partial charge on any atom is 0.263 e. The van der Waals surface area contributed by atoms with E-state index < -0.39 is 0 Å². The van der Waals surface area contributed by atoms with Crippen LogP contribution in [0.4, 0.5) is 5.69 Å². The summed E-state index contributed by atoms with van der Waals surface area (Å²) in [5.41, 5.74) is 11.6. The number of hydrogen-bond donors (Lipinski definition) is 4. The molecule has 6 nitrogen and oxygen atoms in total. The number of phenolic OH excluding ortho intramolecular Hbond substituents is 2. The summed E-state index contributed by atoms with van der Waals surface area (Å²) < 4.78 is 0. The minimum atomic E-state index is -0.197. The molecule has 4 rings (SSSR count). The number of nitrogens with zero attached hydrogens (tertiary/aromatic N) is 1. The van der Waals surface area contributed by atoms with Crippen molar-refractivity contribution >= 4 is 33.1 Å². The number of nitrogen functional groups attached to an aromatic ring is 1. The minimum Gasteiger partial charge on any atom is -0.504 e. The fourth-order valence-electron chi connectivity index (χ4n) is 4.07. The van der Waals surface area contributed by atoms with Crippen LogP contribution in [0.3, 0.4) is 0 Å². The molecule has 0 atom stereocenters. The van der Waals surface area contributed by atoms with Crippen LogP contribution in [0.2, 0.25) is 0 Å². The van der Waals surface area contributed by atoms with Crippen LogP contribution < -0.4 is 11.1 Å². The second kappa shape index (κ2) is 7.91. The maximum atomic E-state index is 12.8. The lowest BCUT2D eigenvalue weighted by Crippen LogP contribution is -2.25. The van der Waals surface area contributed by atoms with Crippen molar-refractivity contribution in [2.24, 2.45) is 0 Å². The van der Waals surface area contributed by atoms with Gasteiger partial charge in [0.2, 0.25) is 0 Å². The van der Waals surface area contributed by atoms with Crippen molar-refractivity contribution in [2.75, 3.05) is 12.3 Å². The third-order valence-corrected chi connectivity index (χ3v) is 6.56. The molecule has 3 aromatic rings. The van der Waals surface area contributed by atoms with E-state index in [0.717, 1.165) is 53.6 Å². The van der Waals surface area contributed by atoms with Gasteiger partial charge in [0, 0.05) is 17.6 Å². The van der Waals surface area contributed by atoms with Gasteiger partial charge < -0.3 is 21.3 Å². The molecule has 0 fully saturated rings. The zero-order valence-electron chi connectivity index (χ0n) is 16.4. The number of fused-ring (bicyclic) bond motifs is 3. The summed E-state index contributed by atoms with van der Waals surface area (Å²) in [7, 11) is 0. The Kier molecular flexibility index (Phi) is 5.32. The summed E-state index contributed by atoms with van der Waals surface area (Å²) in [6.07, 6.45) is 5.70. The smallest absolute Gasteiger partial charge is 0.263 e. The third kappa shape index (κ3) is 3.62. The van der Waals surface area contributed by atoms with E-state index in [0.29, 0.717) is 23.5 Å². The number of hydrogen-bond acceptors (Lipinski definition) is 6. The summed E-state index contributed by atoms with van der Waals surface area (Å²) >= 11 is 1.37. The van der Waals surface area contributed by atoms with Crippen LogP contribution >= 0.6 is 11.3 Å². The molecule has 0 radical (unpaired) electrons. The van der Waals surface area contributed by atoms with Crippen molar-refractivity contribution in [2.45, 2.75) is 45.4 Å². The molecule has 5 N–H and O–H groups in total. The summed E-state index contributed by atoms with van der Waals surface area (Å²) in [6.45, 7) is 2.56. The first kappa shape index (κ1) is 19.5. The molecule has 0 unspecified atom stereocenters. The van der Waals surface area contributed by atoms with Crippen LogP contribution in [-0.2, 0) is 25.7 Å². The highest BCUT2D eigenvalue weighted by Gasteiger charge is 2.25. The molecule has 0 saturated heterocycles. The number of thiophene rings is 1. The quantitative estimate of drug-likeness (QED) is 0.463. The van der Waals surface area contributed by atoms with E-state index in [1.165, 1.54) is 34.6 Å². The molecule has 1 aliphatic carbocycles. The summed E-state index contributed by atoms with van der Waals surface area (Å²) in [5.74, 6) is -0.513. The van der Waals surface area contributed by atoms with Gasteiger partial charge in [0.15, 0.2) is 11.5 Å². The standard InChI is InChI=1S/C22H25N3O3S/c1-2-4-15-13-5-3-6-14(13)18-19(23)20(29-22(18)25-15)21(28)24-10-9-12-7-8-16(26)17(27)11-12/h7-8,11,26-27H,2-6,9-10,23H2,1H3,(H,24,28). The lowest BCUT2D eigenvalue weighted by Gasteiger charge is -2.08. The number of phenols is 2. The van der Waals surface area contributed by atoms with Gasteiger partial charge in [0.25, 0.3) is 5.91 Å². The second-order valence-corrected chi connectivity index (χ2v) is 8.47. The van der Waals surface area contributed by atoms with E-state index in [4.69, 9.17) is 10.7 Å². The topological polar surface area (TPSA) is 108 Å². The van der Waals surface area contributed by atoms with Gasteiger partial charge in [-0.05, 0) is 60.9 Å². The van der Waals surface area contributed by atoms with Gasteiger partial charge in [-0.3, -0.25) is 4.79 Å². The first-order chi connectivity index (χ1) is 14.0. The van der Waals surface area contributed by atoms with Gasteiger partial charge >= 0.3 is 0 Å². The number of aryl methyl sites for hydroxylation is 2. The number of rotatable bonds is 6. The van der Waals surface area contributed by atoms with Crippen LogP contribution in [0.1, 0.15) is 51.8 Å². The molecule has 2 aromatic heterocycles. The second-order valence-electron chi connectivity index (χ2n) is 7.47. The van der Waals surface area contributed by atoms with E-state index in [9.17, 15) is 15.0 Å². The Hall–Kier alpha value is -2.80. The van der Waals surface area contributed by atoms with Crippen molar-refractivity contribution in [3.8, 4) is 11.5 Å². The lowest BCUT2D eigenvalue weighted by molar-refractivity contribution is 0.0959. The molecule has 7 heteroatoms. The van der Waals surface area contributed by atoms with Crippen LogP contribution in [-0.4, -0.2) is 27.6 Å². The van der Waals surface area contributed by atoms with Gasteiger partial charge in [-0.25, -0.2) is 4.98 Å². The minimum absolute atomic E-state index is 0.154. The fourth-order valence-corrected chi connectivity index (χ4v) is 5.13. The number of nitrogens with two attached hydrogens (primary N) is 1. The van der Waals surface area contributed by atoms with Crippen molar-refractivity contribution < 1.29 is 15.0 Å². The largest absolute Gasteiger partial charge is 0.504 e. The molecule has 0 aliphatic heterocycles. The highest BCUT2D eigenvalue weighted by molar-refractivity contribution is 7.21. The van der Waals surface area contributed by atoms with E-state index in [1.807, 2.05) is 0 Å². The fraction of sp³-hybridized carbons (Fsp3) is 0.364. The molecular formula is C22H25N3O3S. The van der Waals surface area contributed by atoms with Crippen molar-refractivity contribution in [1.82, 2.24) is 10.3 Å². The Morgan fingerprint density at radius 3 is 2.76 bits per heavy atom. The van der Waals surface area contributed by atoms with Gasteiger partial charge in [0.1, 0.15) is 9.71 Å². The number of anilines is 1. The Morgan fingerprint density at radius 1 is 1.21 bits per heavy atom. The van der Waals surface area contributed by atoms with E-state index in [2.05, 4.69) is 12.2 Å². The molecule has 29 heavy (non-hydrogen) atoms. The number of aromatic hydroxyl groups is 2. The molecule has 2 heterocycles. The summed E-state index contributed by atoms with van der Waals surface area (Å²) in [6, 6.07) is 4.66. The van der Waals surface area contributed by atoms with E-state index in [1.54, 1.807) is 6.07 Å². The number of aromatic nitrogens is 1. The van der Waals surface area contributed by atoms with Gasteiger partial charge in [-0.1, -0.05) is 19.4 Å². The van der Waals surface area contributed by atoms with E-state index >= 15 is 0 Å². The van der Waals surface area contributed by atoms with Crippen LogP contribution in [0.25, 0.3) is 10.2 Å². The summed E-state index contributed by atoms with van der Waals surface area (Å²) in [4.78, 5) is 19.0. The monoisotopic (exact) mass is 411 g/mol. The molecule has 0 bridgehead atoms. The van der Waals surface area contributed by atoms with E-state index in [-0.39, 0.29) is 17.4 Å². The molecule has 152 valence electrons. The SMILES string of the molecule is CCCc1nc2sc(C(=O)NCCc3ccc(O)c(O)c3)c(N)c2c2c1CCC2. The Balaban J connectivity index is 1.55. The first-order valence-corrected chi connectivity index (χ1v) is 10.8. The van der Waals surface area contributed by atoms with Gasteiger partial charge in [-0.15, -0.1) is 11.3 Å². The Labute approximate surface area is 173 Å². The highest BCUT2D eigenvalue weighted by atomic mass is 32.1. The predicted octanol–water partition coefficient (Wildman–Crippen LogP) is 3.70. The maximum absolute atomic E-state index is 12.8. The molecular weight excluding hydrogens is 386 g/mol. The highest BCUT2D eigenvalue weighted by Crippen LogP contribution is 2.40. The molecule has 1 aliphatic rings. The lowest BCUT2D eigenvalue weighted by atomic mass is 10.0. The van der Waals surface area contributed by atoms with Crippen molar-refractivity contribution in [3.05, 3.63) is 45.5 Å². The Bertz CT molecular complexity index is 1090. The van der Waals surface area contributed by atoms with Crippen LogP contribution in [0, 0.1) is 0 Å². The Morgan fingerprint density at radius 2 is 2.00 bits per heavy atom. The van der Waals surface area contributed by atoms with Gasteiger partial charge in [-0.2, -0.15) is 0 Å². The molecule has 1 aromatic carbocycles. The zero-order chi connectivity index (χ0) is 20.5. The normalized spacial score (nSPS) is 13.0.